The van der Waals surface area contributed by atoms with Crippen LogP contribution in [0.3, 0.4) is 0 Å². The van der Waals surface area contributed by atoms with Gasteiger partial charge in [0.05, 0.1) is 17.4 Å². The summed E-state index contributed by atoms with van der Waals surface area (Å²) in [7, 11) is 0. The second kappa shape index (κ2) is 5.34. The average molecular weight is 301 g/mol. The number of benzene rings is 1. The number of nitrogens with zero attached hydrogens (tertiary/aromatic N) is 1. The molecular weight excluding hydrogens is 280 g/mol. The largest absolute Gasteiger partial charge is 0.377 e. The van der Waals surface area contributed by atoms with Gasteiger partial charge in [-0.3, -0.25) is 0 Å². The van der Waals surface area contributed by atoms with Crippen LogP contribution in [0.4, 0.5) is 5.69 Å². The second-order valence-electron chi connectivity index (χ2n) is 6.47. The number of hydrogen-bond donors (Lipinski definition) is 1. The van der Waals surface area contributed by atoms with E-state index in [1.54, 1.807) is 0 Å². The highest BCUT2D eigenvalue weighted by Gasteiger charge is 2.32. The van der Waals surface area contributed by atoms with Crippen molar-refractivity contribution in [3.8, 4) is 0 Å². The maximum Gasteiger partial charge on any atom is 0.129 e. The first-order valence-corrected chi connectivity index (χ1v) is 7.84. The maximum atomic E-state index is 5.94. The third kappa shape index (κ3) is 2.77. The molecule has 0 fully saturated rings. The van der Waals surface area contributed by atoms with E-state index in [0.717, 1.165) is 17.8 Å². The summed E-state index contributed by atoms with van der Waals surface area (Å²) in [5.74, 6) is 0. The standard InChI is InChI=1S/C18H21ClN2/c1-12-15(8-9-17(19)20-12)21-16-10-11-18(2,3)14-7-5-4-6-13(14)16/h4-9,16,21H,10-11H2,1-3H3. The average Bonchev–Trinajstić information content (AvgIpc) is 2.45. The predicted octanol–water partition coefficient (Wildman–Crippen LogP) is 5.27. The van der Waals surface area contributed by atoms with Crippen molar-refractivity contribution in [1.29, 1.82) is 0 Å². The van der Waals surface area contributed by atoms with Crippen molar-refractivity contribution < 1.29 is 0 Å². The molecule has 1 atom stereocenters. The molecule has 1 aliphatic rings. The molecule has 0 aliphatic heterocycles. The van der Waals surface area contributed by atoms with Crippen molar-refractivity contribution in [2.75, 3.05) is 5.32 Å². The van der Waals surface area contributed by atoms with E-state index >= 15 is 0 Å². The molecular formula is C18H21ClN2. The zero-order chi connectivity index (χ0) is 15.0. The molecule has 1 N–H and O–H groups in total. The fourth-order valence-corrected chi connectivity index (χ4v) is 3.42. The Hall–Kier alpha value is -1.54. The number of halogens is 1. The first kappa shape index (κ1) is 14.4. The van der Waals surface area contributed by atoms with Crippen molar-refractivity contribution in [2.24, 2.45) is 0 Å². The molecule has 0 saturated carbocycles. The lowest BCUT2D eigenvalue weighted by Gasteiger charge is -2.37. The summed E-state index contributed by atoms with van der Waals surface area (Å²) in [6.45, 7) is 6.65. The number of aromatic nitrogens is 1. The van der Waals surface area contributed by atoms with Crippen molar-refractivity contribution >= 4 is 17.3 Å². The van der Waals surface area contributed by atoms with Crippen LogP contribution in [0.2, 0.25) is 5.15 Å². The molecule has 3 rings (SSSR count). The van der Waals surface area contributed by atoms with Crippen molar-refractivity contribution in [3.05, 3.63) is 58.4 Å². The van der Waals surface area contributed by atoms with Gasteiger partial charge in [0.25, 0.3) is 0 Å². The zero-order valence-corrected chi connectivity index (χ0v) is 13.5. The summed E-state index contributed by atoms with van der Waals surface area (Å²) < 4.78 is 0. The van der Waals surface area contributed by atoms with Crippen LogP contribution in [-0.4, -0.2) is 4.98 Å². The molecule has 0 spiro atoms. The number of rotatable bonds is 2. The van der Waals surface area contributed by atoms with Crippen molar-refractivity contribution in [1.82, 2.24) is 4.98 Å². The minimum Gasteiger partial charge on any atom is -0.377 e. The van der Waals surface area contributed by atoms with E-state index in [0.29, 0.717) is 11.2 Å². The second-order valence-corrected chi connectivity index (χ2v) is 6.86. The van der Waals surface area contributed by atoms with Crippen LogP contribution in [0.5, 0.6) is 0 Å². The summed E-state index contributed by atoms with van der Waals surface area (Å²) >= 11 is 5.94. The quantitative estimate of drug-likeness (QED) is 0.764. The van der Waals surface area contributed by atoms with E-state index in [9.17, 15) is 0 Å². The Balaban J connectivity index is 1.94. The molecule has 2 aromatic rings. The lowest BCUT2D eigenvalue weighted by molar-refractivity contribution is 0.406. The SMILES string of the molecule is Cc1nc(Cl)ccc1NC1CCC(C)(C)c2ccccc21. The van der Waals surface area contributed by atoms with Gasteiger partial charge in [-0.2, -0.15) is 0 Å². The van der Waals surface area contributed by atoms with Crippen molar-refractivity contribution in [2.45, 2.75) is 45.1 Å². The van der Waals surface area contributed by atoms with Gasteiger partial charge in [-0.1, -0.05) is 49.7 Å². The van der Waals surface area contributed by atoms with Gasteiger partial charge in [0.1, 0.15) is 5.15 Å². The minimum atomic E-state index is 0.252. The van der Waals surface area contributed by atoms with Gasteiger partial charge in [-0.15, -0.1) is 0 Å². The zero-order valence-electron chi connectivity index (χ0n) is 12.8. The van der Waals surface area contributed by atoms with Crippen LogP contribution < -0.4 is 5.32 Å². The molecule has 21 heavy (non-hydrogen) atoms. The number of fused-ring (bicyclic) bond motifs is 1. The molecule has 1 aromatic carbocycles. The highest BCUT2D eigenvalue weighted by atomic mass is 35.5. The number of aryl methyl sites for hydroxylation is 1. The molecule has 110 valence electrons. The van der Waals surface area contributed by atoms with E-state index in [4.69, 9.17) is 11.6 Å². The fraction of sp³-hybridized carbons (Fsp3) is 0.389. The Labute approximate surface area is 131 Å². The van der Waals surface area contributed by atoms with E-state index < -0.39 is 0 Å². The van der Waals surface area contributed by atoms with Gasteiger partial charge >= 0.3 is 0 Å². The van der Waals surface area contributed by atoms with Crippen LogP contribution in [0.25, 0.3) is 0 Å². The summed E-state index contributed by atoms with van der Waals surface area (Å²) in [6.07, 6.45) is 2.31. The maximum absolute atomic E-state index is 5.94. The van der Waals surface area contributed by atoms with Crippen molar-refractivity contribution in [3.63, 3.8) is 0 Å². The van der Waals surface area contributed by atoms with Gasteiger partial charge in [-0.05, 0) is 48.4 Å². The topological polar surface area (TPSA) is 24.9 Å². The van der Waals surface area contributed by atoms with E-state index in [-0.39, 0.29) is 5.41 Å². The van der Waals surface area contributed by atoms with Crippen LogP contribution in [0.1, 0.15) is 49.6 Å². The van der Waals surface area contributed by atoms with Crippen LogP contribution >= 0.6 is 11.6 Å². The predicted molar refractivity (Wildman–Crippen MR) is 89.0 cm³/mol. The van der Waals surface area contributed by atoms with Crippen LogP contribution in [-0.2, 0) is 5.41 Å². The van der Waals surface area contributed by atoms with Gasteiger partial charge in [0.15, 0.2) is 0 Å². The molecule has 1 aromatic heterocycles. The number of pyridine rings is 1. The first-order valence-electron chi connectivity index (χ1n) is 7.46. The van der Waals surface area contributed by atoms with Crippen LogP contribution in [0.15, 0.2) is 36.4 Å². The third-order valence-electron chi connectivity index (χ3n) is 4.50. The number of hydrogen-bond acceptors (Lipinski definition) is 2. The summed E-state index contributed by atoms with van der Waals surface area (Å²) in [5, 5.41) is 4.19. The summed E-state index contributed by atoms with van der Waals surface area (Å²) in [4.78, 5) is 4.33. The molecule has 2 nitrogen and oxygen atoms in total. The molecule has 3 heteroatoms. The van der Waals surface area contributed by atoms with Gasteiger partial charge < -0.3 is 5.32 Å². The summed E-state index contributed by atoms with van der Waals surface area (Å²) in [5.41, 5.74) is 5.13. The Bertz CT molecular complexity index is 664. The Morgan fingerprint density at radius 3 is 2.71 bits per heavy atom. The fourth-order valence-electron chi connectivity index (χ4n) is 3.23. The Morgan fingerprint density at radius 2 is 1.95 bits per heavy atom. The van der Waals surface area contributed by atoms with Crippen LogP contribution in [0, 0.1) is 6.92 Å². The molecule has 0 amide bonds. The normalized spacial score (nSPS) is 19.9. The third-order valence-corrected chi connectivity index (χ3v) is 4.72. The highest BCUT2D eigenvalue weighted by Crippen LogP contribution is 2.42. The molecule has 1 unspecified atom stereocenters. The minimum absolute atomic E-state index is 0.252. The number of anilines is 1. The lowest BCUT2D eigenvalue weighted by Crippen LogP contribution is -2.29. The van der Waals surface area contributed by atoms with E-state index in [2.05, 4.69) is 48.4 Å². The monoisotopic (exact) mass is 300 g/mol. The molecule has 0 bridgehead atoms. The molecule has 1 heterocycles. The lowest BCUT2D eigenvalue weighted by atomic mass is 9.71. The van der Waals surface area contributed by atoms with Gasteiger partial charge in [0, 0.05) is 0 Å². The smallest absolute Gasteiger partial charge is 0.129 e. The van der Waals surface area contributed by atoms with E-state index in [1.165, 1.54) is 17.5 Å². The Morgan fingerprint density at radius 1 is 1.19 bits per heavy atom. The Kier molecular flexibility index (Phi) is 3.66. The first-order chi connectivity index (χ1) is 9.97. The molecule has 0 saturated heterocycles. The van der Waals surface area contributed by atoms with Gasteiger partial charge in [-0.25, -0.2) is 4.98 Å². The highest BCUT2D eigenvalue weighted by molar-refractivity contribution is 6.29. The number of nitrogens with one attached hydrogen (secondary N) is 1. The summed E-state index contributed by atoms with van der Waals surface area (Å²) in [6, 6.07) is 13.0. The molecule has 1 aliphatic carbocycles. The van der Waals surface area contributed by atoms with E-state index in [1.807, 2.05) is 19.1 Å². The molecule has 0 radical (unpaired) electrons. The van der Waals surface area contributed by atoms with Gasteiger partial charge in [0.2, 0.25) is 0 Å².